The van der Waals surface area contributed by atoms with Crippen molar-refractivity contribution in [2.45, 2.75) is 24.0 Å². The van der Waals surface area contributed by atoms with Crippen molar-refractivity contribution < 1.29 is 23.9 Å². The molecule has 6 rings (SSSR count). The number of hydrogen-bond donors (Lipinski definition) is 3. The van der Waals surface area contributed by atoms with E-state index in [0.29, 0.717) is 27.4 Å². The van der Waals surface area contributed by atoms with Gasteiger partial charge in [0.05, 0.1) is 11.9 Å². The highest BCUT2D eigenvalue weighted by molar-refractivity contribution is 8.00. The number of nitrogens with one attached hydrogen (secondary N) is 3. The van der Waals surface area contributed by atoms with Crippen molar-refractivity contribution in [3.8, 4) is 11.1 Å². The van der Waals surface area contributed by atoms with Gasteiger partial charge in [-0.2, -0.15) is 0 Å². The van der Waals surface area contributed by atoms with Gasteiger partial charge in [0.1, 0.15) is 16.3 Å². The van der Waals surface area contributed by atoms with Gasteiger partial charge in [0.25, 0.3) is 11.8 Å². The molecule has 0 radical (unpaired) electrons. The van der Waals surface area contributed by atoms with Gasteiger partial charge in [0.2, 0.25) is 5.91 Å². The minimum absolute atomic E-state index is 0.0687. The standard InChI is InChI=1S/C42H35N3O5S2/c1-3-50-42(49)37-35(29-14-6-4-7-15-29)26-51-41(37)45-38(46)27(2)52-33-22-13-21-32(25-33)43-40(48)36(44-39(47)30-17-8-5-9-18-30)24-31-20-12-19-28-16-10-11-23-34(28)31/h4-27H,3H2,1-2H3,(H,43,48)(H,44,47)(H,45,46)/b36-24+. The molecule has 52 heavy (non-hydrogen) atoms. The van der Waals surface area contributed by atoms with Gasteiger partial charge in [-0.05, 0) is 72.2 Å². The first kappa shape index (κ1) is 35.8. The van der Waals surface area contributed by atoms with Crippen molar-refractivity contribution in [3.63, 3.8) is 0 Å². The van der Waals surface area contributed by atoms with Crippen molar-refractivity contribution in [1.82, 2.24) is 5.32 Å². The number of hydrogen-bond acceptors (Lipinski definition) is 7. The summed E-state index contributed by atoms with van der Waals surface area (Å²) in [5.41, 5.74) is 3.59. The molecule has 0 spiro atoms. The summed E-state index contributed by atoms with van der Waals surface area (Å²) in [7, 11) is 0. The fourth-order valence-corrected chi connectivity index (χ4v) is 7.36. The Morgan fingerprint density at radius 3 is 2.27 bits per heavy atom. The fraction of sp³-hybridized carbons (Fsp3) is 0.0952. The van der Waals surface area contributed by atoms with E-state index in [1.54, 1.807) is 62.4 Å². The largest absolute Gasteiger partial charge is 0.462 e. The molecule has 0 aliphatic rings. The van der Waals surface area contributed by atoms with E-state index in [0.717, 1.165) is 26.8 Å². The van der Waals surface area contributed by atoms with E-state index in [4.69, 9.17) is 4.74 Å². The fourth-order valence-electron chi connectivity index (χ4n) is 5.48. The third kappa shape index (κ3) is 8.66. The molecular formula is C42H35N3O5S2. The van der Waals surface area contributed by atoms with Gasteiger partial charge in [-0.3, -0.25) is 14.4 Å². The number of thioether (sulfide) groups is 1. The summed E-state index contributed by atoms with van der Waals surface area (Å²) in [4.78, 5) is 54.2. The molecule has 5 aromatic carbocycles. The molecule has 1 unspecified atom stereocenters. The second-order valence-electron chi connectivity index (χ2n) is 11.6. The summed E-state index contributed by atoms with van der Waals surface area (Å²) in [6.45, 7) is 3.71. The van der Waals surface area contributed by atoms with Crippen LogP contribution < -0.4 is 16.0 Å². The first-order chi connectivity index (χ1) is 25.3. The predicted octanol–water partition coefficient (Wildman–Crippen LogP) is 9.27. The summed E-state index contributed by atoms with van der Waals surface area (Å²) in [6.07, 6.45) is 1.67. The molecule has 3 N–H and O–H groups in total. The number of carbonyl (C=O) groups is 4. The van der Waals surface area contributed by atoms with Gasteiger partial charge in [-0.15, -0.1) is 23.1 Å². The average molecular weight is 726 g/mol. The van der Waals surface area contributed by atoms with Gasteiger partial charge < -0.3 is 20.7 Å². The summed E-state index contributed by atoms with van der Waals surface area (Å²) < 4.78 is 5.33. The summed E-state index contributed by atoms with van der Waals surface area (Å²) in [6, 6.07) is 38.9. The second-order valence-corrected chi connectivity index (χ2v) is 13.9. The van der Waals surface area contributed by atoms with E-state index in [1.165, 1.54) is 23.1 Å². The van der Waals surface area contributed by atoms with Gasteiger partial charge >= 0.3 is 5.97 Å². The number of fused-ring (bicyclic) bond motifs is 1. The number of rotatable bonds is 12. The van der Waals surface area contributed by atoms with Crippen LogP contribution >= 0.6 is 23.1 Å². The van der Waals surface area contributed by atoms with Gasteiger partial charge in [0.15, 0.2) is 0 Å². The van der Waals surface area contributed by atoms with Crippen molar-refractivity contribution in [2.24, 2.45) is 0 Å². The summed E-state index contributed by atoms with van der Waals surface area (Å²) >= 11 is 2.57. The van der Waals surface area contributed by atoms with Crippen LogP contribution in [0, 0.1) is 0 Å². The van der Waals surface area contributed by atoms with E-state index in [9.17, 15) is 19.2 Å². The Morgan fingerprint density at radius 1 is 0.808 bits per heavy atom. The molecule has 1 aromatic heterocycles. The van der Waals surface area contributed by atoms with E-state index in [-0.39, 0.29) is 18.2 Å². The molecule has 0 fully saturated rings. The van der Waals surface area contributed by atoms with Crippen LogP contribution in [0.25, 0.3) is 28.0 Å². The van der Waals surface area contributed by atoms with E-state index < -0.39 is 23.0 Å². The molecule has 10 heteroatoms. The first-order valence-electron chi connectivity index (χ1n) is 16.6. The molecule has 0 aliphatic carbocycles. The predicted molar refractivity (Wildman–Crippen MR) is 211 cm³/mol. The number of benzene rings is 5. The molecule has 8 nitrogen and oxygen atoms in total. The maximum atomic E-state index is 13.8. The summed E-state index contributed by atoms with van der Waals surface area (Å²) in [5.74, 6) is -1.73. The van der Waals surface area contributed by atoms with Crippen LogP contribution in [-0.4, -0.2) is 35.5 Å². The van der Waals surface area contributed by atoms with Crippen LogP contribution in [0.2, 0.25) is 0 Å². The lowest BCUT2D eigenvalue weighted by Gasteiger charge is -2.15. The zero-order valence-corrected chi connectivity index (χ0v) is 30.1. The summed E-state index contributed by atoms with van der Waals surface area (Å²) in [5, 5.41) is 12.3. The minimum Gasteiger partial charge on any atom is -0.462 e. The Balaban J connectivity index is 1.19. The Kier molecular flexibility index (Phi) is 11.6. The Bertz CT molecular complexity index is 2260. The topological polar surface area (TPSA) is 114 Å². The van der Waals surface area contributed by atoms with Crippen LogP contribution in [0.1, 0.15) is 40.1 Å². The van der Waals surface area contributed by atoms with Crippen LogP contribution in [0.3, 0.4) is 0 Å². The van der Waals surface area contributed by atoms with Crippen molar-refractivity contribution in [3.05, 3.63) is 155 Å². The molecule has 1 heterocycles. The van der Waals surface area contributed by atoms with Crippen LogP contribution in [0.5, 0.6) is 0 Å². The number of esters is 1. The average Bonchev–Trinajstić information content (AvgIpc) is 3.59. The van der Waals surface area contributed by atoms with Crippen molar-refractivity contribution in [1.29, 1.82) is 0 Å². The maximum absolute atomic E-state index is 13.8. The number of amides is 3. The normalized spacial score (nSPS) is 11.8. The highest BCUT2D eigenvalue weighted by atomic mass is 32.2. The number of ether oxygens (including phenoxy) is 1. The lowest BCUT2D eigenvalue weighted by Crippen LogP contribution is -2.30. The number of thiophene rings is 1. The Hall–Kier alpha value is -5.97. The lowest BCUT2D eigenvalue weighted by atomic mass is 10.0. The van der Waals surface area contributed by atoms with Crippen molar-refractivity contribution >= 4 is 74.3 Å². The van der Waals surface area contributed by atoms with Crippen LogP contribution in [-0.2, 0) is 14.3 Å². The Morgan fingerprint density at radius 2 is 1.50 bits per heavy atom. The molecule has 6 aromatic rings. The van der Waals surface area contributed by atoms with Gasteiger partial charge in [-0.25, -0.2) is 4.79 Å². The molecular weight excluding hydrogens is 691 g/mol. The quantitative estimate of drug-likeness (QED) is 0.0659. The highest BCUT2D eigenvalue weighted by Crippen LogP contribution is 2.37. The lowest BCUT2D eigenvalue weighted by molar-refractivity contribution is -0.115. The number of carbonyl (C=O) groups excluding carboxylic acids is 4. The van der Waals surface area contributed by atoms with Crippen molar-refractivity contribution in [2.75, 3.05) is 17.2 Å². The van der Waals surface area contributed by atoms with Gasteiger partial charge in [-0.1, -0.05) is 97.1 Å². The maximum Gasteiger partial charge on any atom is 0.341 e. The zero-order chi connectivity index (χ0) is 36.5. The smallest absolute Gasteiger partial charge is 0.341 e. The zero-order valence-electron chi connectivity index (χ0n) is 28.4. The third-order valence-corrected chi connectivity index (χ3v) is 10.0. The molecule has 0 saturated carbocycles. The molecule has 260 valence electrons. The molecule has 3 amide bonds. The van der Waals surface area contributed by atoms with E-state index in [1.807, 2.05) is 90.3 Å². The number of anilines is 2. The first-order valence-corrected chi connectivity index (χ1v) is 18.4. The molecule has 1 atom stereocenters. The van der Waals surface area contributed by atoms with E-state index >= 15 is 0 Å². The minimum atomic E-state index is -0.560. The van der Waals surface area contributed by atoms with Crippen LogP contribution in [0.4, 0.5) is 10.7 Å². The van der Waals surface area contributed by atoms with Gasteiger partial charge in [0, 0.05) is 27.1 Å². The SMILES string of the molecule is CCOC(=O)c1c(-c2ccccc2)csc1NC(=O)C(C)Sc1cccc(NC(=O)/C(=C\c2cccc3ccccc23)NC(=O)c2ccccc2)c1. The third-order valence-electron chi connectivity index (χ3n) is 8.02. The second kappa shape index (κ2) is 16.8. The highest BCUT2D eigenvalue weighted by Gasteiger charge is 2.25. The molecule has 0 saturated heterocycles. The van der Waals surface area contributed by atoms with Crippen LogP contribution in [0.15, 0.2) is 143 Å². The van der Waals surface area contributed by atoms with E-state index in [2.05, 4.69) is 16.0 Å². The monoisotopic (exact) mass is 725 g/mol. The molecule has 0 bridgehead atoms. The Labute approximate surface area is 309 Å². The molecule has 0 aliphatic heterocycles.